The first-order valence-corrected chi connectivity index (χ1v) is 11.2. The number of hydrogen-bond acceptors (Lipinski definition) is 3. The van der Waals surface area contributed by atoms with Crippen molar-refractivity contribution in [2.75, 3.05) is 0 Å². The Hall–Kier alpha value is -0.741. The molecule has 1 amide bonds. The zero-order chi connectivity index (χ0) is 18.4. The molecule has 0 radical (unpaired) electrons. The molecule has 1 fully saturated rings. The first-order chi connectivity index (χ1) is 11.8. The van der Waals surface area contributed by atoms with E-state index in [1.165, 1.54) is 6.42 Å². The zero-order valence-corrected chi connectivity index (χ0v) is 17.7. The summed E-state index contributed by atoms with van der Waals surface area (Å²) in [5, 5.41) is 4.34. The van der Waals surface area contributed by atoms with Crippen LogP contribution >= 0.6 is 23.2 Å². The predicted molar refractivity (Wildman–Crippen MR) is 102 cm³/mol. The van der Waals surface area contributed by atoms with E-state index >= 15 is 0 Å². The van der Waals surface area contributed by atoms with E-state index in [0.29, 0.717) is 10.0 Å². The van der Waals surface area contributed by atoms with E-state index < -0.39 is 11.6 Å². The van der Waals surface area contributed by atoms with Crippen LogP contribution in [0.2, 0.25) is 15.4 Å². The van der Waals surface area contributed by atoms with Gasteiger partial charge in [0.2, 0.25) is 0 Å². The molecule has 1 aromatic rings. The van der Waals surface area contributed by atoms with Gasteiger partial charge in [0.05, 0.1) is 0 Å². The molecule has 1 aliphatic rings. The number of ether oxygens (including phenoxy) is 1. The number of halogens is 2. The molecule has 0 aromatic heterocycles. The molecule has 1 aromatic carbocycles. The Morgan fingerprint density at radius 3 is 2.56 bits per heavy atom. The van der Waals surface area contributed by atoms with E-state index in [0.717, 1.165) is 30.1 Å². The van der Waals surface area contributed by atoms with Gasteiger partial charge < -0.3 is 0 Å². The maximum atomic E-state index is 12.4. The molecule has 0 atom stereocenters. The summed E-state index contributed by atoms with van der Waals surface area (Å²) in [6.45, 7) is 3.26. The number of rotatable bonds is 6. The van der Waals surface area contributed by atoms with Crippen LogP contribution in [-0.4, -0.2) is 38.5 Å². The monoisotopic (exact) mass is 451 g/mol. The fraction of sp³-hybridized carbons (Fsp3) is 0.556. The predicted octanol–water partition coefficient (Wildman–Crippen LogP) is 3.51. The zero-order valence-electron chi connectivity index (χ0n) is 14.4. The molecule has 0 bridgehead atoms. The molecule has 0 spiro atoms. The normalized spacial score (nSPS) is 15.7. The quantitative estimate of drug-likeness (QED) is 0.532. The summed E-state index contributed by atoms with van der Waals surface area (Å²) >= 11 is 11.8. The average Bonchev–Trinajstić information content (AvgIpc) is 2.54. The minimum absolute atomic E-state index is 0.172. The Morgan fingerprint density at radius 1 is 1.24 bits per heavy atom. The molecule has 0 saturated heterocycles. The van der Waals surface area contributed by atoms with Gasteiger partial charge in [-0.1, -0.05) is 0 Å². The van der Waals surface area contributed by atoms with Crippen molar-refractivity contribution in [3.63, 3.8) is 0 Å². The molecule has 25 heavy (non-hydrogen) atoms. The Labute approximate surface area is 165 Å². The fourth-order valence-corrected chi connectivity index (χ4v) is 4.84. The van der Waals surface area contributed by atoms with Crippen LogP contribution in [0, 0.1) is 0 Å². The second-order valence-corrected chi connectivity index (χ2v) is 9.63. The van der Waals surface area contributed by atoms with Gasteiger partial charge in [0, 0.05) is 0 Å². The van der Waals surface area contributed by atoms with Crippen molar-refractivity contribution in [1.82, 2.24) is 5.32 Å². The summed E-state index contributed by atoms with van der Waals surface area (Å²) < 4.78 is 6.31. The summed E-state index contributed by atoms with van der Waals surface area (Å²) in [6.07, 6.45) is 5.48. The van der Waals surface area contributed by atoms with Gasteiger partial charge >= 0.3 is 165 Å². The third kappa shape index (κ3) is 6.49. The number of carbonyl (C=O) groups is 2. The van der Waals surface area contributed by atoms with Crippen molar-refractivity contribution in [2.24, 2.45) is 0 Å². The van der Waals surface area contributed by atoms with Gasteiger partial charge in [-0.15, -0.1) is 0 Å². The summed E-state index contributed by atoms with van der Waals surface area (Å²) in [6, 6.07) is 5.42. The van der Waals surface area contributed by atoms with Gasteiger partial charge in [0.1, 0.15) is 0 Å². The molecule has 0 aliphatic heterocycles. The van der Waals surface area contributed by atoms with E-state index in [2.05, 4.69) is 5.32 Å². The van der Waals surface area contributed by atoms with E-state index in [4.69, 9.17) is 27.9 Å². The van der Waals surface area contributed by atoms with Crippen LogP contribution in [0.25, 0.3) is 0 Å². The molecule has 7 heteroatoms. The second-order valence-electron chi connectivity index (χ2n) is 6.66. The Bertz CT molecular complexity index is 631. The first kappa shape index (κ1) is 20.6. The van der Waals surface area contributed by atoms with Gasteiger partial charge in [-0.2, -0.15) is 0 Å². The summed E-state index contributed by atoms with van der Waals surface area (Å²) in [7, 11) is 0. The van der Waals surface area contributed by atoms with Gasteiger partial charge in [-0.05, 0) is 0 Å². The standard InChI is InChI=1S/C18H23Cl2NO3Se/c1-18(2,17(23)21-13-6-4-3-5-7-13)24-16(22)11-25-15-9-8-12(19)10-14(15)20/h8-10,13H,3-7,11H2,1-2H3,(H,21,23). The minimum atomic E-state index is -1.17. The van der Waals surface area contributed by atoms with Crippen molar-refractivity contribution in [3.05, 3.63) is 28.2 Å². The fourth-order valence-electron chi connectivity index (χ4n) is 2.70. The molecule has 2 rings (SSSR count). The van der Waals surface area contributed by atoms with E-state index in [1.54, 1.807) is 26.0 Å². The third-order valence-corrected chi connectivity index (χ3v) is 7.09. The van der Waals surface area contributed by atoms with Crippen molar-refractivity contribution in [1.29, 1.82) is 0 Å². The third-order valence-electron chi connectivity index (χ3n) is 4.10. The van der Waals surface area contributed by atoms with E-state index in [9.17, 15) is 9.59 Å². The van der Waals surface area contributed by atoms with Crippen LogP contribution in [0.1, 0.15) is 46.0 Å². The first-order valence-electron chi connectivity index (χ1n) is 8.38. The molecule has 1 saturated carbocycles. The van der Waals surface area contributed by atoms with Crippen molar-refractivity contribution < 1.29 is 14.3 Å². The molecule has 4 nitrogen and oxygen atoms in total. The van der Waals surface area contributed by atoms with Crippen LogP contribution in [0.3, 0.4) is 0 Å². The maximum absolute atomic E-state index is 12.4. The van der Waals surface area contributed by atoms with Gasteiger partial charge in [-0.3, -0.25) is 0 Å². The van der Waals surface area contributed by atoms with Crippen LogP contribution in [-0.2, 0) is 14.3 Å². The average molecular weight is 451 g/mol. The summed E-state index contributed by atoms with van der Waals surface area (Å²) in [4.78, 5) is 24.6. The van der Waals surface area contributed by atoms with Gasteiger partial charge in [0.15, 0.2) is 0 Å². The van der Waals surface area contributed by atoms with E-state index in [-0.39, 0.29) is 32.2 Å². The van der Waals surface area contributed by atoms with Gasteiger partial charge in [0.25, 0.3) is 0 Å². The van der Waals surface area contributed by atoms with Crippen molar-refractivity contribution in [3.8, 4) is 0 Å². The van der Waals surface area contributed by atoms with Crippen LogP contribution in [0.5, 0.6) is 0 Å². The van der Waals surface area contributed by atoms with Crippen molar-refractivity contribution >= 4 is 54.5 Å². The molecular formula is C18H23Cl2NO3Se. The number of benzene rings is 1. The van der Waals surface area contributed by atoms with Crippen molar-refractivity contribution in [2.45, 2.75) is 62.9 Å². The summed E-state index contributed by atoms with van der Waals surface area (Å²) in [5.74, 6) is -0.625. The number of esters is 1. The van der Waals surface area contributed by atoms with Gasteiger partial charge in [-0.25, -0.2) is 0 Å². The van der Waals surface area contributed by atoms with Crippen LogP contribution in [0.4, 0.5) is 0 Å². The molecule has 1 aliphatic carbocycles. The molecular weight excluding hydrogens is 428 g/mol. The van der Waals surface area contributed by atoms with Crippen LogP contribution in [0.15, 0.2) is 18.2 Å². The number of hydrogen-bond donors (Lipinski definition) is 1. The Balaban J connectivity index is 1.83. The van der Waals surface area contributed by atoms with Crippen LogP contribution < -0.4 is 9.78 Å². The Morgan fingerprint density at radius 2 is 1.92 bits per heavy atom. The molecule has 0 heterocycles. The Kier molecular flexibility index (Phi) is 7.63. The molecule has 138 valence electrons. The number of carbonyl (C=O) groups excluding carboxylic acids is 2. The number of nitrogens with one attached hydrogen (secondary N) is 1. The summed E-state index contributed by atoms with van der Waals surface area (Å²) in [5.41, 5.74) is -1.17. The second kappa shape index (κ2) is 9.27. The van der Waals surface area contributed by atoms with E-state index in [1.807, 2.05) is 6.07 Å². The molecule has 1 N–H and O–H groups in total. The SMILES string of the molecule is CC(C)(OC(=O)C[Se]c1ccc(Cl)cc1Cl)C(=O)NC1CCCCC1. The number of amides is 1. The topological polar surface area (TPSA) is 55.4 Å². The molecule has 0 unspecified atom stereocenters.